The second-order valence-electron chi connectivity index (χ2n) is 6.47. The van der Waals surface area contributed by atoms with Crippen molar-refractivity contribution < 1.29 is 27.9 Å². The van der Waals surface area contributed by atoms with E-state index in [2.05, 4.69) is 5.32 Å². The Hall–Kier alpha value is -2.25. The molecule has 1 aromatic rings. The lowest BCUT2D eigenvalue weighted by molar-refractivity contribution is -0.149. The van der Waals surface area contributed by atoms with Crippen LogP contribution in [-0.4, -0.2) is 47.8 Å². The third-order valence-corrected chi connectivity index (χ3v) is 4.35. The van der Waals surface area contributed by atoms with Crippen LogP contribution < -0.4 is 5.32 Å². The molecule has 2 amide bonds. The summed E-state index contributed by atoms with van der Waals surface area (Å²) >= 11 is 0. The Morgan fingerprint density at radius 2 is 1.92 bits per heavy atom. The fraction of sp³-hybridized carbons (Fsp3) is 0.529. The van der Waals surface area contributed by atoms with E-state index in [1.807, 2.05) is 6.92 Å². The maximum absolute atomic E-state index is 13.3. The van der Waals surface area contributed by atoms with Crippen molar-refractivity contribution in [1.82, 2.24) is 10.2 Å². The SMILES string of the molecule is CC1CC(C(=O)O)CN(C(=O)NCC(c2ccccc2)C(F)(F)F)C1. The van der Waals surface area contributed by atoms with Gasteiger partial charge in [-0.25, -0.2) is 4.79 Å². The number of amides is 2. The highest BCUT2D eigenvalue weighted by atomic mass is 19.4. The van der Waals surface area contributed by atoms with Crippen molar-refractivity contribution in [3.8, 4) is 0 Å². The zero-order valence-electron chi connectivity index (χ0n) is 13.8. The van der Waals surface area contributed by atoms with Crippen molar-refractivity contribution >= 4 is 12.0 Å². The molecule has 8 heteroatoms. The van der Waals surface area contributed by atoms with E-state index in [1.54, 1.807) is 6.07 Å². The van der Waals surface area contributed by atoms with Crippen LogP contribution in [-0.2, 0) is 4.79 Å². The number of halogens is 3. The average Bonchev–Trinajstić information content (AvgIpc) is 2.54. The molecule has 3 unspecified atom stereocenters. The topological polar surface area (TPSA) is 69.6 Å². The molecule has 1 saturated heterocycles. The summed E-state index contributed by atoms with van der Waals surface area (Å²) in [6.45, 7) is 1.57. The predicted molar refractivity (Wildman–Crippen MR) is 85.1 cm³/mol. The average molecular weight is 358 g/mol. The van der Waals surface area contributed by atoms with Crippen LogP contribution in [0.3, 0.4) is 0 Å². The molecule has 138 valence electrons. The molecule has 3 atom stereocenters. The van der Waals surface area contributed by atoms with E-state index in [0.29, 0.717) is 13.0 Å². The van der Waals surface area contributed by atoms with Crippen molar-refractivity contribution in [2.45, 2.75) is 25.4 Å². The van der Waals surface area contributed by atoms with Crippen LogP contribution in [0.5, 0.6) is 0 Å². The molecular weight excluding hydrogens is 337 g/mol. The second-order valence-corrected chi connectivity index (χ2v) is 6.47. The smallest absolute Gasteiger partial charge is 0.397 e. The van der Waals surface area contributed by atoms with Gasteiger partial charge in [-0.05, 0) is 17.9 Å². The van der Waals surface area contributed by atoms with Crippen molar-refractivity contribution in [3.63, 3.8) is 0 Å². The number of likely N-dealkylation sites (tertiary alicyclic amines) is 1. The quantitative estimate of drug-likeness (QED) is 0.869. The first-order valence-corrected chi connectivity index (χ1v) is 8.05. The minimum Gasteiger partial charge on any atom is -0.481 e. The van der Waals surface area contributed by atoms with Gasteiger partial charge in [0, 0.05) is 19.6 Å². The van der Waals surface area contributed by atoms with Gasteiger partial charge in [0.1, 0.15) is 0 Å². The molecule has 0 radical (unpaired) electrons. The maximum Gasteiger partial charge on any atom is 0.397 e. The van der Waals surface area contributed by atoms with E-state index in [0.717, 1.165) is 0 Å². The Balaban J connectivity index is 2.02. The molecule has 0 spiro atoms. The zero-order chi connectivity index (χ0) is 18.6. The normalized spacial score (nSPS) is 22.3. The number of benzene rings is 1. The summed E-state index contributed by atoms with van der Waals surface area (Å²) in [5, 5.41) is 11.4. The van der Waals surface area contributed by atoms with E-state index >= 15 is 0 Å². The maximum atomic E-state index is 13.3. The molecule has 0 aliphatic carbocycles. The molecule has 1 aliphatic rings. The highest BCUT2D eigenvalue weighted by Crippen LogP contribution is 2.34. The molecule has 2 rings (SSSR count). The molecule has 1 heterocycles. The first kappa shape index (κ1) is 19.1. The van der Waals surface area contributed by atoms with Crippen LogP contribution in [0.1, 0.15) is 24.8 Å². The Bertz CT molecular complexity index is 607. The van der Waals surface area contributed by atoms with Crippen LogP contribution in [0, 0.1) is 11.8 Å². The summed E-state index contributed by atoms with van der Waals surface area (Å²) in [6, 6.07) is 6.72. The van der Waals surface area contributed by atoms with E-state index < -0.39 is 36.6 Å². The first-order valence-electron chi connectivity index (χ1n) is 8.05. The van der Waals surface area contributed by atoms with Crippen molar-refractivity contribution in [3.05, 3.63) is 35.9 Å². The molecule has 25 heavy (non-hydrogen) atoms. The summed E-state index contributed by atoms with van der Waals surface area (Å²) < 4.78 is 39.9. The minimum absolute atomic E-state index is 0.00747. The number of urea groups is 1. The number of alkyl halides is 3. The van der Waals surface area contributed by atoms with Crippen LogP contribution in [0.4, 0.5) is 18.0 Å². The van der Waals surface area contributed by atoms with Gasteiger partial charge >= 0.3 is 18.2 Å². The number of carboxylic acids is 1. The number of rotatable bonds is 4. The van der Waals surface area contributed by atoms with Gasteiger partial charge in [0.05, 0.1) is 11.8 Å². The Labute approximate surface area is 143 Å². The zero-order valence-corrected chi connectivity index (χ0v) is 13.8. The van der Waals surface area contributed by atoms with Crippen LogP contribution in [0.25, 0.3) is 0 Å². The molecular formula is C17H21F3N2O3. The van der Waals surface area contributed by atoms with Gasteiger partial charge in [-0.15, -0.1) is 0 Å². The lowest BCUT2D eigenvalue weighted by Crippen LogP contribution is -2.50. The van der Waals surface area contributed by atoms with Crippen molar-refractivity contribution in [1.29, 1.82) is 0 Å². The number of carbonyl (C=O) groups is 2. The van der Waals surface area contributed by atoms with Gasteiger partial charge in [-0.2, -0.15) is 13.2 Å². The summed E-state index contributed by atoms with van der Waals surface area (Å²) in [6.07, 6.45) is -4.04. The summed E-state index contributed by atoms with van der Waals surface area (Å²) in [4.78, 5) is 24.7. The van der Waals surface area contributed by atoms with Crippen LogP contribution in [0.15, 0.2) is 30.3 Å². The highest BCUT2D eigenvalue weighted by Gasteiger charge is 2.41. The first-order chi connectivity index (χ1) is 11.7. The van der Waals surface area contributed by atoms with Crippen molar-refractivity contribution in [2.75, 3.05) is 19.6 Å². The van der Waals surface area contributed by atoms with Crippen LogP contribution >= 0.6 is 0 Å². The number of hydrogen-bond acceptors (Lipinski definition) is 2. The van der Waals surface area contributed by atoms with Gasteiger partial charge in [0.15, 0.2) is 0 Å². The standard InChI is InChI=1S/C17H21F3N2O3/c1-11-7-13(15(23)24)10-22(9-11)16(25)21-8-14(17(18,19)20)12-5-3-2-4-6-12/h2-6,11,13-14H,7-10H2,1H3,(H,21,25)(H,23,24). The predicted octanol–water partition coefficient (Wildman–Crippen LogP) is 3.08. The molecule has 5 nitrogen and oxygen atoms in total. The summed E-state index contributed by atoms with van der Waals surface area (Å²) in [7, 11) is 0. The van der Waals surface area contributed by atoms with E-state index in [4.69, 9.17) is 5.11 Å². The second kappa shape index (κ2) is 7.76. The Morgan fingerprint density at radius 3 is 2.48 bits per heavy atom. The van der Waals surface area contributed by atoms with E-state index in [1.165, 1.54) is 29.2 Å². The lowest BCUT2D eigenvalue weighted by Gasteiger charge is -2.35. The number of nitrogens with zero attached hydrogens (tertiary/aromatic N) is 1. The molecule has 0 aromatic heterocycles. The minimum atomic E-state index is -4.49. The largest absolute Gasteiger partial charge is 0.481 e. The molecule has 2 N–H and O–H groups in total. The molecule has 0 bridgehead atoms. The summed E-state index contributed by atoms with van der Waals surface area (Å²) in [5.74, 6) is -3.52. The van der Waals surface area contributed by atoms with Gasteiger partial charge < -0.3 is 15.3 Å². The number of nitrogens with one attached hydrogen (secondary N) is 1. The van der Waals surface area contributed by atoms with E-state index in [9.17, 15) is 22.8 Å². The fourth-order valence-corrected chi connectivity index (χ4v) is 3.11. The number of carbonyl (C=O) groups excluding carboxylic acids is 1. The highest BCUT2D eigenvalue weighted by molar-refractivity contribution is 5.76. The number of aliphatic carboxylic acids is 1. The van der Waals surface area contributed by atoms with Gasteiger partial charge in [-0.3, -0.25) is 4.79 Å². The monoisotopic (exact) mass is 358 g/mol. The summed E-state index contributed by atoms with van der Waals surface area (Å²) in [5.41, 5.74) is 0.0747. The molecule has 1 aliphatic heterocycles. The fourth-order valence-electron chi connectivity index (χ4n) is 3.11. The van der Waals surface area contributed by atoms with Crippen LogP contribution in [0.2, 0.25) is 0 Å². The number of hydrogen-bond donors (Lipinski definition) is 2. The molecule has 1 aromatic carbocycles. The Morgan fingerprint density at radius 1 is 1.28 bits per heavy atom. The third-order valence-electron chi connectivity index (χ3n) is 4.35. The van der Waals surface area contributed by atoms with E-state index in [-0.39, 0.29) is 18.0 Å². The molecule has 1 fully saturated rings. The Kier molecular flexibility index (Phi) is 5.92. The van der Waals surface area contributed by atoms with Gasteiger partial charge in [-0.1, -0.05) is 37.3 Å². The number of piperidine rings is 1. The van der Waals surface area contributed by atoms with Gasteiger partial charge in [0.25, 0.3) is 0 Å². The molecule has 0 saturated carbocycles. The third kappa shape index (κ3) is 5.11. The number of carboxylic acid groups (broad SMARTS) is 1. The van der Waals surface area contributed by atoms with Gasteiger partial charge in [0.2, 0.25) is 0 Å². The van der Waals surface area contributed by atoms with Crippen molar-refractivity contribution in [2.24, 2.45) is 11.8 Å². The lowest BCUT2D eigenvalue weighted by atomic mass is 9.91.